The number of carboxylic acid groups (broad SMARTS) is 1. The fourth-order valence-corrected chi connectivity index (χ4v) is 0. The quantitative estimate of drug-likeness (QED) is 0.212. The van der Waals surface area contributed by atoms with Gasteiger partial charge in [-0.25, -0.2) is 0 Å². The summed E-state index contributed by atoms with van der Waals surface area (Å²) in [7, 11) is -4.61. The van der Waals surface area contributed by atoms with E-state index in [0.717, 1.165) is 6.92 Å². The first kappa shape index (κ1) is 22.5. The van der Waals surface area contributed by atoms with E-state index in [0.29, 0.717) is 0 Å². The van der Waals surface area contributed by atoms with Gasteiger partial charge in [0.25, 0.3) is 5.97 Å². The van der Waals surface area contributed by atoms with Gasteiger partial charge >= 0.3 is 38.6 Å². The Bertz CT molecular complexity index is 88.0. The zero-order valence-electron chi connectivity index (χ0n) is 7.35. The largest absolute Gasteiger partial charge is 1.00 e. The predicted octanol–water partition coefficient (Wildman–Crippen LogP) is -5.24. The van der Waals surface area contributed by atoms with Gasteiger partial charge in [-0.05, 0) is 0 Å². The van der Waals surface area contributed by atoms with Gasteiger partial charge < -0.3 is 31.9 Å². The third kappa shape index (κ3) is 3190. The van der Waals surface area contributed by atoms with Gasteiger partial charge in [-0.1, -0.05) is 0 Å². The summed E-state index contributed by atoms with van der Waals surface area (Å²) in [6, 6.07) is 0. The second-order valence-electron chi connectivity index (χ2n) is 1.12. The number of carbonyl (C=O) groups is 1. The molecule has 0 radical (unpaired) electrons. The maximum Gasteiger partial charge on any atom is 1.00 e. The first-order valence-electron chi connectivity index (χ1n) is 1.82. The van der Waals surface area contributed by atoms with Crippen LogP contribution in [0, 0.1) is 0 Å². The second-order valence-corrected chi connectivity index (χ2v) is 2.32. The third-order valence-electron chi connectivity index (χ3n) is 0. The van der Waals surface area contributed by atoms with E-state index >= 15 is 0 Å². The Labute approximate surface area is 88.2 Å². The van der Waals surface area contributed by atoms with Crippen molar-refractivity contribution in [3.63, 3.8) is 0 Å². The van der Waals surface area contributed by atoms with Gasteiger partial charge in [0.2, 0.25) is 0 Å². The standard InChI is InChI=1S/C2H4O2.H3N.Na.H4O4Si.H/c1-2(3)4;;;1-5(2,3)4;/h1H3,(H,3,4);1H3;;1-4H;/q;;+1;;-1. The van der Waals surface area contributed by atoms with Crippen LogP contribution in [-0.4, -0.2) is 39.3 Å². The number of rotatable bonds is 0. The molecule has 0 bridgehead atoms. The van der Waals surface area contributed by atoms with Crippen molar-refractivity contribution in [1.29, 1.82) is 0 Å². The van der Waals surface area contributed by atoms with Gasteiger partial charge in [-0.3, -0.25) is 4.79 Å². The van der Waals surface area contributed by atoms with Crippen molar-refractivity contribution in [3.05, 3.63) is 0 Å². The fourth-order valence-electron chi connectivity index (χ4n) is 0. The first-order valence-corrected chi connectivity index (χ1v) is 3.61. The molecule has 0 aliphatic rings. The second kappa shape index (κ2) is 10.5. The Morgan fingerprint density at radius 2 is 1.27 bits per heavy atom. The van der Waals surface area contributed by atoms with Crippen molar-refractivity contribution >= 4 is 15.0 Å². The number of hydrogen-bond donors (Lipinski definition) is 6. The van der Waals surface area contributed by atoms with Crippen molar-refractivity contribution in [3.8, 4) is 0 Å². The summed E-state index contributed by atoms with van der Waals surface area (Å²) >= 11 is 0. The summed E-state index contributed by atoms with van der Waals surface area (Å²) in [6.07, 6.45) is 0. The molecule has 0 amide bonds. The zero-order chi connectivity index (χ0) is 8.08. The molecule has 0 aliphatic carbocycles. The molecule has 0 heterocycles. The van der Waals surface area contributed by atoms with Gasteiger partial charge in [-0.15, -0.1) is 0 Å². The van der Waals surface area contributed by atoms with Crippen molar-refractivity contribution in [2.75, 3.05) is 0 Å². The van der Waals surface area contributed by atoms with Crippen LogP contribution in [-0.2, 0) is 4.79 Å². The molecule has 0 aromatic heterocycles. The molecular weight excluding hydrogens is 185 g/mol. The summed E-state index contributed by atoms with van der Waals surface area (Å²) in [6.45, 7) is 1.08. The van der Waals surface area contributed by atoms with E-state index in [1.807, 2.05) is 0 Å². The molecule has 0 unspecified atom stereocenters. The SMILES string of the molecule is CC(=O)O.N.O[Si](O)(O)O.[H-].[Na+]. The summed E-state index contributed by atoms with van der Waals surface area (Å²) in [5, 5.41) is 7.42. The van der Waals surface area contributed by atoms with Crippen LogP contribution in [0.4, 0.5) is 0 Å². The monoisotopic (exact) mass is 197 g/mol. The molecule has 0 rings (SSSR count). The average Bonchev–Trinajstić information content (AvgIpc) is 1.19. The maximum atomic E-state index is 9.00. The maximum absolute atomic E-state index is 9.00. The van der Waals surface area contributed by atoms with Crippen LogP contribution in [0.1, 0.15) is 8.35 Å². The van der Waals surface area contributed by atoms with E-state index in [1.165, 1.54) is 0 Å². The van der Waals surface area contributed by atoms with Gasteiger partial charge in [0.1, 0.15) is 0 Å². The summed E-state index contributed by atoms with van der Waals surface area (Å²) < 4.78 is 0. The molecule has 7 nitrogen and oxygen atoms in total. The molecule has 8 N–H and O–H groups in total. The van der Waals surface area contributed by atoms with Crippen LogP contribution in [0.5, 0.6) is 0 Å². The molecule has 0 saturated heterocycles. The molecule has 0 aliphatic heterocycles. The number of hydrogen-bond acceptors (Lipinski definition) is 6. The molecular formula is C2H12NNaO6Si. The van der Waals surface area contributed by atoms with Crippen LogP contribution in [0.3, 0.4) is 0 Å². The van der Waals surface area contributed by atoms with Gasteiger partial charge in [0, 0.05) is 6.92 Å². The van der Waals surface area contributed by atoms with Crippen LogP contribution in [0.15, 0.2) is 0 Å². The van der Waals surface area contributed by atoms with E-state index in [4.69, 9.17) is 29.1 Å². The van der Waals surface area contributed by atoms with Crippen molar-refractivity contribution in [1.82, 2.24) is 6.15 Å². The van der Waals surface area contributed by atoms with Crippen molar-refractivity contribution in [2.45, 2.75) is 6.92 Å². The van der Waals surface area contributed by atoms with E-state index in [2.05, 4.69) is 0 Å². The van der Waals surface area contributed by atoms with Crippen LogP contribution in [0.25, 0.3) is 0 Å². The molecule has 66 valence electrons. The van der Waals surface area contributed by atoms with Gasteiger partial charge in [0.05, 0.1) is 0 Å². The predicted molar refractivity (Wildman–Crippen MR) is 34.1 cm³/mol. The molecule has 0 aromatic rings. The number of carboxylic acids is 1. The van der Waals surface area contributed by atoms with Crippen LogP contribution >= 0.6 is 0 Å². The molecule has 0 saturated carbocycles. The summed E-state index contributed by atoms with van der Waals surface area (Å²) in [5.74, 6) is -0.833. The van der Waals surface area contributed by atoms with Crippen LogP contribution < -0.4 is 35.7 Å². The zero-order valence-corrected chi connectivity index (χ0v) is 9.35. The minimum atomic E-state index is -4.61. The smallest absolute Gasteiger partial charge is 1.00 e. The van der Waals surface area contributed by atoms with Crippen molar-refractivity contribution < 1.29 is 60.1 Å². The molecule has 0 fully saturated rings. The Morgan fingerprint density at radius 1 is 1.27 bits per heavy atom. The van der Waals surface area contributed by atoms with Gasteiger partial charge in [0.15, 0.2) is 0 Å². The first-order chi connectivity index (χ1) is 3.73. The Kier molecular flexibility index (Phi) is 21.5. The van der Waals surface area contributed by atoms with Gasteiger partial charge in [-0.2, -0.15) is 0 Å². The Hall–Kier alpha value is 0.487. The fraction of sp³-hybridized carbons (Fsp3) is 0.500. The summed E-state index contributed by atoms with van der Waals surface area (Å²) in [4.78, 5) is 38.3. The van der Waals surface area contributed by atoms with Crippen molar-refractivity contribution in [2.24, 2.45) is 0 Å². The number of aliphatic carboxylic acids is 1. The molecule has 0 aromatic carbocycles. The third-order valence-corrected chi connectivity index (χ3v) is 0. The van der Waals surface area contributed by atoms with E-state index in [1.54, 1.807) is 0 Å². The Balaban J connectivity index is -0.0000000221. The van der Waals surface area contributed by atoms with E-state index < -0.39 is 15.0 Å². The van der Waals surface area contributed by atoms with E-state index in [-0.39, 0.29) is 37.1 Å². The molecule has 11 heavy (non-hydrogen) atoms. The van der Waals surface area contributed by atoms with E-state index in [9.17, 15) is 0 Å². The normalized spacial score (nSPS) is 7.73. The Morgan fingerprint density at radius 3 is 1.27 bits per heavy atom. The molecule has 9 heteroatoms. The summed E-state index contributed by atoms with van der Waals surface area (Å²) in [5.41, 5.74) is 0. The topological polar surface area (TPSA) is 153 Å². The minimum Gasteiger partial charge on any atom is -1.00 e. The molecule has 0 atom stereocenters. The average molecular weight is 197 g/mol. The minimum absolute atomic E-state index is 0. The van der Waals surface area contributed by atoms with Crippen LogP contribution in [0.2, 0.25) is 0 Å². The molecule has 0 spiro atoms.